The van der Waals surface area contributed by atoms with Crippen molar-refractivity contribution < 1.29 is 9.94 Å². The molecule has 4 unspecified atom stereocenters. The molecular weight excluding hydrogens is 262 g/mol. The molecule has 4 rings (SSSR count). The summed E-state index contributed by atoms with van der Waals surface area (Å²) in [4.78, 5) is 0. The lowest BCUT2D eigenvalue weighted by atomic mass is 10.0. The van der Waals surface area contributed by atoms with Gasteiger partial charge >= 0.3 is 0 Å². The van der Waals surface area contributed by atoms with Gasteiger partial charge in [0.1, 0.15) is 11.8 Å². The number of rotatable bonds is 4. The van der Waals surface area contributed by atoms with Gasteiger partial charge in [0.2, 0.25) is 0 Å². The molecule has 1 aliphatic carbocycles. The molecule has 2 aromatic rings. The van der Waals surface area contributed by atoms with Crippen LogP contribution in [-0.2, 0) is 4.74 Å². The van der Waals surface area contributed by atoms with Gasteiger partial charge in [-0.3, -0.25) is 0 Å². The Morgan fingerprint density at radius 2 is 1.67 bits per heavy atom. The van der Waals surface area contributed by atoms with Gasteiger partial charge in [-0.05, 0) is 23.8 Å². The summed E-state index contributed by atoms with van der Waals surface area (Å²) in [7, 11) is 0. The minimum absolute atomic E-state index is 0.0592. The highest BCUT2D eigenvalue weighted by Gasteiger charge is 2.57. The summed E-state index contributed by atoms with van der Waals surface area (Å²) in [5, 5.41) is 12.8. The smallest absolute Gasteiger partial charge is 0.130 e. The molecule has 1 heterocycles. The predicted octanol–water partition coefficient (Wildman–Crippen LogP) is 3.44. The zero-order chi connectivity index (χ0) is 14.2. The van der Waals surface area contributed by atoms with Gasteiger partial charge < -0.3 is 9.94 Å². The Labute approximate surface area is 123 Å². The first-order chi connectivity index (χ1) is 10.4. The minimum Gasteiger partial charge on any atom is -0.411 e. The summed E-state index contributed by atoms with van der Waals surface area (Å²) < 4.78 is 5.81. The van der Waals surface area contributed by atoms with Crippen LogP contribution in [0.2, 0.25) is 0 Å². The zero-order valence-corrected chi connectivity index (χ0v) is 11.6. The van der Waals surface area contributed by atoms with E-state index in [2.05, 4.69) is 29.4 Å². The molecule has 2 aromatic carbocycles. The van der Waals surface area contributed by atoms with Crippen LogP contribution in [0.4, 0.5) is 0 Å². The second kappa shape index (κ2) is 5.01. The topological polar surface area (TPSA) is 45.1 Å². The number of hydrogen-bond donors (Lipinski definition) is 1. The summed E-state index contributed by atoms with van der Waals surface area (Å²) in [6, 6.07) is 20.3. The van der Waals surface area contributed by atoms with Gasteiger partial charge in [-0.1, -0.05) is 65.8 Å². The number of hydrogen-bond acceptors (Lipinski definition) is 3. The van der Waals surface area contributed by atoms with E-state index in [1.165, 1.54) is 12.0 Å². The maximum absolute atomic E-state index is 9.30. The molecule has 1 saturated carbocycles. The summed E-state index contributed by atoms with van der Waals surface area (Å²) in [5.41, 5.74) is 2.97. The van der Waals surface area contributed by atoms with Crippen molar-refractivity contribution in [2.75, 3.05) is 0 Å². The van der Waals surface area contributed by atoms with Crippen LogP contribution in [0, 0.1) is 5.92 Å². The maximum Gasteiger partial charge on any atom is 0.130 e. The molecule has 2 aliphatic rings. The van der Waals surface area contributed by atoms with E-state index < -0.39 is 0 Å². The van der Waals surface area contributed by atoms with Crippen molar-refractivity contribution in [3.63, 3.8) is 0 Å². The molecule has 106 valence electrons. The van der Waals surface area contributed by atoms with Gasteiger partial charge in [0.15, 0.2) is 0 Å². The van der Waals surface area contributed by atoms with Crippen LogP contribution < -0.4 is 0 Å². The SMILES string of the molecule is O/N=C(\c1ccccc1)C1OC1C1CC1c1ccccc1. The third kappa shape index (κ3) is 2.34. The molecule has 0 spiro atoms. The molecule has 1 aliphatic heterocycles. The lowest BCUT2D eigenvalue weighted by Gasteiger charge is -2.01. The number of oxime groups is 1. The largest absolute Gasteiger partial charge is 0.411 e. The molecule has 3 nitrogen and oxygen atoms in total. The van der Waals surface area contributed by atoms with Crippen LogP contribution in [0.25, 0.3) is 0 Å². The van der Waals surface area contributed by atoms with Crippen molar-refractivity contribution >= 4 is 5.71 Å². The van der Waals surface area contributed by atoms with E-state index in [1.54, 1.807) is 0 Å². The fourth-order valence-corrected chi connectivity index (χ4v) is 3.22. The Kier molecular flexibility index (Phi) is 3.00. The van der Waals surface area contributed by atoms with Gasteiger partial charge in [-0.25, -0.2) is 0 Å². The number of epoxide rings is 1. The second-order valence-corrected chi connectivity index (χ2v) is 5.79. The summed E-state index contributed by atoms with van der Waals surface area (Å²) in [6.45, 7) is 0. The Hall–Kier alpha value is -2.13. The Balaban J connectivity index is 1.45. The van der Waals surface area contributed by atoms with Crippen LogP contribution >= 0.6 is 0 Å². The molecule has 1 N–H and O–H groups in total. The van der Waals surface area contributed by atoms with Crippen molar-refractivity contribution in [3.8, 4) is 0 Å². The Morgan fingerprint density at radius 1 is 1.00 bits per heavy atom. The van der Waals surface area contributed by atoms with Crippen LogP contribution in [0.5, 0.6) is 0 Å². The molecule has 3 heteroatoms. The van der Waals surface area contributed by atoms with Crippen molar-refractivity contribution in [2.45, 2.75) is 24.5 Å². The molecule has 2 fully saturated rings. The van der Waals surface area contributed by atoms with E-state index in [0.717, 1.165) is 5.56 Å². The molecule has 21 heavy (non-hydrogen) atoms. The molecule has 0 radical (unpaired) electrons. The van der Waals surface area contributed by atoms with Crippen molar-refractivity contribution in [1.82, 2.24) is 0 Å². The first-order valence-corrected chi connectivity index (χ1v) is 7.36. The van der Waals surface area contributed by atoms with Gasteiger partial charge in [-0.2, -0.15) is 0 Å². The number of nitrogens with zero attached hydrogens (tertiary/aromatic N) is 1. The van der Waals surface area contributed by atoms with Crippen LogP contribution in [0.3, 0.4) is 0 Å². The fourth-order valence-electron chi connectivity index (χ4n) is 3.22. The lowest BCUT2D eigenvalue weighted by molar-refractivity contribution is 0.314. The summed E-state index contributed by atoms with van der Waals surface area (Å²) in [6.07, 6.45) is 1.30. The molecular formula is C18H17NO2. The quantitative estimate of drug-likeness (QED) is 0.403. The third-order valence-electron chi connectivity index (χ3n) is 4.46. The third-order valence-corrected chi connectivity index (χ3v) is 4.46. The van der Waals surface area contributed by atoms with Gasteiger partial charge in [0.05, 0.1) is 6.10 Å². The molecule has 0 bridgehead atoms. The van der Waals surface area contributed by atoms with E-state index in [1.807, 2.05) is 36.4 Å². The highest BCUT2D eigenvalue weighted by atomic mass is 16.6. The fraction of sp³-hybridized carbons (Fsp3) is 0.278. The number of benzene rings is 2. The van der Waals surface area contributed by atoms with Crippen molar-refractivity contribution in [3.05, 3.63) is 71.8 Å². The normalized spacial score (nSPS) is 31.0. The zero-order valence-electron chi connectivity index (χ0n) is 11.6. The van der Waals surface area contributed by atoms with Crippen molar-refractivity contribution in [1.29, 1.82) is 0 Å². The first-order valence-electron chi connectivity index (χ1n) is 7.36. The number of ether oxygens (including phenoxy) is 1. The van der Waals surface area contributed by atoms with E-state index in [0.29, 0.717) is 17.5 Å². The van der Waals surface area contributed by atoms with E-state index in [-0.39, 0.29) is 12.2 Å². The molecule has 0 amide bonds. The summed E-state index contributed by atoms with van der Waals surface area (Å²) >= 11 is 0. The summed E-state index contributed by atoms with van der Waals surface area (Å²) in [5.74, 6) is 1.15. The molecule has 1 saturated heterocycles. The highest BCUT2D eigenvalue weighted by molar-refractivity contribution is 6.05. The molecule has 4 atom stereocenters. The van der Waals surface area contributed by atoms with Gasteiger partial charge in [0, 0.05) is 5.56 Å². The Morgan fingerprint density at radius 3 is 2.33 bits per heavy atom. The lowest BCUT2D eigenvalue weighted by Crippen LogP contribution is -2.13. The maximum atomic E-state index is 9.30. The Bertz CT molecular complexity index is 653. The minimum atomic E-state index is -0.0592. The van der Waals surface area contributed by atoms with Gasteiger partial charge in [-0.15, -0.1) is 0 Å². The molecule has 0 aromatic heterocycles. The van der Waals surface area contributed by atoms with E-state index in [4.69, 9.17) is 4.74 Å². The average Bonchev–Trinajstić information content (AvgIpc) is 3.43. The average molecular weight is 279 g/mol. The van der Waals surface area contributed by atoms with E-state index >= 15 is 0 Å². The predicted molar refractivity (Wildman–Crippen MR) is 80.7 cm³/mol. The van der Waals surface area contributed by atoms with Crippen LogP contribution in [0.15, 0.2) is 65.8 Å². The standard InChI is InChI=1S/C18H17NO2/c20-19-16(13-9-5-2-6-10-13)18-17(21-18)15-11-14(15)12-7-3-1-4-8-12/h1-10,14-15,17-18,20H,11H2/b19-16+. The monoisotopic (exact) mass is 279 g/mol. The first kappa shape index (κ1) is 12.6. The second-order valence-electron chi connectivity index (χ2n) is 5.79. The van der Waals surface area contributed by atoms with Crippen LogP contribution in [-0.4, -0.2) is 23.1 Å². The van der Waals surface area contributed by atoms with E-state index in [9.17, 15) is 5.21 Å². The highest BCUT2D eigenvalue weighted by Crippen LogP contribution is 2.55. The van der Waals surface area contributed by atoms with Crippen LogP contribution in [0.1, 0.15) is 23.5 Å². The van der Waals surface area contributed by atoms with Crippen molar-refractivity contribution in [2.24, 2.45) is 11.1 Å². The van der Waals surface area contributed by atoms with Gasteiger partial charge in [0.25, 0.3) is 0 Å².